The van der Waals surface area contributed by atoms with Gasteiger partial charge in [-0.3, -0.25) is 9.59 Å². The zero-order chi connectivity index (χ0) is 21.3. The molecule has 3 rings (SSSR count). The highest BCUT2D eigenvalue weighted by atomic mass is 16.1. The molecule has 1 saturated carbocycles. The lowest BCUT2D eigenvalue weighted by atomic mass is 9.84. The summed E-state index contributed by atoms with van der Waals surface area (Å²) in [6.07, 6.45) is 1.90. The summed E-state index contributed by atoms with van der Waals surface area (Å²) in [5.41, 5.74) is 1.67. The smallest absolute Gasteiger partial charge is 0.252 e. The van der Waals surface area contributed by atoms with Crippen molar-refractivity contribution >= 4 is 5.78 Å². The van der Waals surface area contributed by atoms with Gasteiger partial charge in [0.15, 0.2) is 5.78 Å². The summed E-state index contributed by atoms with van der Waals surface area (Å²) >= 11 is 0. The van der Waals surface area contributed by atoms with Crippen LogP contribution in [0.4, 0.5) is 0 Å². The first kappa shape index (κ1) is 20.1. The van der Waals surface area contributed by atoms with Crippen molar-refractivity contribution in [3.8, 4) is 18.2 Å². The Morgan fingerprint density at radius 3 is 2.17 bits per heavy atom. The third-order valence-corrected chi connectivity index (χ3v) is 5.43. The van der Waals surface area contributed by atoms with E-state index in [2.05, 4.69) is 11.1 Å². The Kier molecular flexibility index (Phi) is 5.10. The van der Waals surface area contributed by atoms with E-state index < -0.39 is 11.2 Å². The van der Waals surface area contributed by atoms with Crippen molar-refractivity contribution in [1.82, 2.24) is 4.98 Å². The van der Waals surface area contributed by atoms with Crippen LogP contribution in [0.25, 0.3) is 0 Å². The molecule has 0 radical (unpaired) electrons. The lowest BCUT2D eigenvalue weighted by Gasteiger charge is -2.19. The van der Waals surface area contributed by atoms with Crippen LogP contribution < -0.4 is 5.56 Å². The molecule has 144 valence electrons. The molecule has 6 nitrogen and oxygen atoms in total. The lowest BCUT2D eigenvalue weighted by molar-refractivity contribution is 0.103. The Morgan fingerprint density at radius 1 is 1.14 bits per heavy atom. The van der Waals surface area contributed by atoms with Gasteiger partial charge in [0.05, 0.1) is 34.7 Å². The van der Waals surface area contributed by atoms with E-state index in [4.69, 9.17) is 0 Å². The Balaban J connectivity index is 2.29. The second kappa shape index (κ2) is 7.38. The molecule has 1 fully saturated rings. The number of carbonyl (C=O) groups excluding carboxylic acids is 1. The SMILES string of the molecule is Cc1[nH]c(=O)c(C(C)C)c(C(=O)c2cc(C#N)cc(C#N)c2)c1CC1(C#N)CC1. The van der Waals surface area contributed by atoms with Gasteiger partial charge in [0.1, 0.15) is 0 Å². The van der Waals surface area contributed by atoms with Gasteiger partial charge < -0.3 is 4.98 Å². The number of nitriles is 3. The van der Waals surface area contributed by atoms with Gasteiger partial charge >= 0.3 is 0 Å². The molecule has 1 heterocycles. The van der Waals surface area contributed by atoms with E-state index in [0.29, 0.717) is 28.8 Å². The zero-order valence-electron chi connectivity index (χ0n) is 16.6. The fourth-order valence-electron chi connectivity index (χ4n) is 3.66. The minimum absolute atomic E-state index is 0.190. The monoisotopic (exact) mass is 384 g/mol. The standard InChI is InChI=1S/C23H20N4O2/c1-13(2)19-20(21(28)17-7-15(10-24)6-16(8-17)11-25)18(14(3)27-22(19)29)9-23(12-26)4-5-23/h6-8,13H,4-5,9H2,1-3H3,(H,27,29). The molecule has 1 aliphatic rings. The maximum absolute atomic E-state index is 13.6. The van der Waals surface area contributed by atoms with Gasteiger partial charge in [-0.15, -0.1) is 0 Å². The number of aromatic nitrogens is 1. The molecule has 1 aliphatic carbocycles. The summed E-state index contributed by atoms with van der Waals surface area (Å²) in [7, 11) is 0. The highest BCUT2D eigenvalue weighted by molar-refractivity contribution is 6.11. The van der Waals surface area contributed by atoms with Crippen molar-refractivity contribution in [3.05, 3.63) is 67.6 Å². The van der Waals surface area contributed by atoms with Gasteiger partial charge in [0.25, 0.3) is 5.56 Å². The summed E-state index contributed by atoms with van der Waals surface area (Å²) < 4.78 is 0. The van der Waals surface area contributed by atoms with Gasteiger partial charge in [-0.25, -0.2) is 0 Å². The highest BCUT2D eigenvalue weighted by Crippen LogP contribution is 2.48. The summed E-state index contributed by atoms with van der Waals surface area (Å²) in [6.45, 7) is 5.41. The van der Waals surface area contributed by atoms with E-state index in [9.17, 15) is 25.4 Å². The molecule has 29 heavy (non-hydrogen) atoms. The van der Waals surface area contributed by atoms with Crippen molar-refractivity contribution in [3.63, 3.8) is 0 Å². The zero-order valence-corrected chi connectivity index (χ0v) is 16.6. The predicted octanol–water partition coefficient (Wildman–Crippen LogP) is 3.63. The molecule has 0 atom stereocenters. The van der Waals surface area contributed by atoms with Gasteiger partial charge in [0, 0.05) is 22.4 Å². The number of rotatable bonds is 5. The molecule has 1 N–H and O–H groups in total. The van der Waals surface area contributed by atoms with Crippen LogP contribution in [0.5, 0.6) is 0 Å². The third kappa shape index (κ3) is 3.68. The van der Waals surface area contributed by atoms with E-state index in [-0.39, 0.29) is 28.2 Å². The molecular formula is C23H20N4O2. The highest BCUT2D eigenvalue weighted by Gasteiger charge is 2.44. The summed E-state index contributed by atoms with van der Waals surface area (Å²) in [5.74, 6) is -0.621. The van der Waals surface area contributed by atoms with Crippen LogP contribution in [0, 0.1) is 46.3 Å². The van der Waals surface area contributed by atoms with Crippen molar-refractivity contribution in [2.75, 3.05) is 0 Å². The summed E-state index contributed by atoms with van der Waals surface area (Å²) in [6, 6.07) is 10.6. The first-order valence-electron chi connectivity index (χ1n) is 9.42. The topological polar surface area (TPSA) is 121 Å². The predicted molar refractivity (Wildman–Crippen MR) is 106 cm³/mol. The number of aromatic amines is 1. The van der Waals surface area contributed by atoms with Crippen LogP contribution in [0.3, 0.4) is 0 Å². The van der Waals surface area contributed by atoms with Crippen molar-refractivity contribution in [2.24, 2.45) is 5.41 Å². The summed E-state index contributed by atoms with van der Waals surface area (Å²) in [5, 5.41) is 28.0. The van der Waals surface area contributed by atoms with E-state index in [1.54, 1.807) is 6.92 Å². The average Bonchev–Trinajstić information content (AvgIpc) is 3.48. The van der Waals surface area contributed by atoms with Crippen LogP contribution in [-0.4, -0.2) is 10.8 Å². The van der Waals surface area contributed by atoms with Crippen LogP contribution in [0.2, 0.25) is 0 Å². The van der Waals surface area contributed by atoms with Crippen molar-refractivity contribution in [2.45, 2.75) is 46.0 Å². The molecule has 6 heteroatoms. The maximum Gasteiger partial charge on any atom is 0.252 e. The van der Waals surface area contributed by atoms with Gasteiger partial charge in [0.2, 0.25) is 0 Å². The summed E-state index contributed by atoms with van der Waals surface area (Å²) in [4.78, 5) is 29.1. The van der Waals surface area contributed by atoms with Gasteiger partial charge in [-0.05, 0) is 55.9 Å². The minimum Gasteiger partial charge on any atom is -0.326 e. The average molecular weight is 384 g/mol. The lowest BCUT2D eigenvalue weighted by Crippen LogP contribution is -2.25. The second-order valence-corrected chi connectivity index (χ2v) is 7.92. The number of pyridine rings is 1. The number of hydrogen-bond acceptors (Lipinski definition) is 5. The van der Waals surface area contributed by atoms with E-state index >= 15 is 0 Å². The number of H-pyrrole nitrogens is 1. The number of benzene rings is 1. The Labute approximate surface area is 169 Å². The molecule has 0 aliphatic heterocycles. The van der Waals surface area contributed by atoms with Crippen LogP contribution in [0.15, 0.2) is 23.0 Å². The molecule has 1 aromatic heterocycles. The molecule has 0 unspecified atom stereocenters. The Bertz CT molecular complexity index is 1160. The largest absolute Gasteiger partial charge is 0.326 e. The molecule has 0 saturated heterocycles. The second-order valence-electron chi connectivity index (χ2n) is 7.92. The number of nitrogens with one attached hydrogen (secondary N) is 1. The minimum atomic E-state index is -0.501. The first-order valence-corrected chi connectivity index (χ1v) is 9.42. The molecule has 0 spiro atoms. The van der Waals surface area contributed by atoms with E-state index in [1.807, 2.05) is 26.0 Å². The number of aryl methyl sites for hydroxylation is 1. The number of ketones is 1. The van der Waals surface area contributed by atoms with Gasteiger partial charge in [-0.1, -0.05) is 13.8 Å². The fraction of sp³-hybridized carbons (Fsp3) is 0.348. The van der Waals surface area contributed by atoms with Crippen LogP contribution >= 0.6 is 0 Å². The molecular weight excluding hydrogens is 364 g/mol. The molecule has 2 aromatic rings. The van der Waals surface area contributed by atoms with E-state index in [1.165, 1.54) is 18.2 Å². The number of carbonyl (C=O) groups is 1. The Morgan fingerprint density at radius 2 is 1.72 bits per heavy atom. The molecule has 0 amide bonds. The number of nitrogens with zero attached hydrogens (tertiary/aromatic N) is 3. The van der Waals surface area contributed by atoms with Crippen molar-refractivity contribution < 1.29 is 4.79 Å². The fourth-order valence-corrected chi connectivity index (χ4v) is 3.66. The molecule has 0 bridgehead atoms. The van der Waals surface area contributed by atoms with Crippen LogP contribution in [-0.2, 0) is 6.42 Å². The third-order valence-electron chi connectivity index (χ3n) is 5.43. The van der Waals surface area contributed by atoms with Crippen LogP contribution in [0.1, 0.15) is 76.5 Å². The first-order chi connectivity index (χ1) is 13.7. The normalized spacial score (nSPS) is 14.0. The number of hydrogen-bond donors (Lipinski definition) is 1. The Hall–Kier alpha value is -3.69. The van der Waals surface area contributed by atoms with Gasteiger partial charge in [-0.2, -0.15) is 15.8 Å². The van der Waals surface area contributed by atoms with E-state index in [0.717, 1.165) is 12.8 Å². The quantitative estimate of drug-likeness (QED) is 0.789. The maximum atomic E-state index is 13.6. The van der Waals surface area contributed by atoms with Crippen molar-refractivity contribution in [1.29, 1.82) is 15.8 Å². The molecule has 1 aromatic carbocycles.